The van der Waals surface area contributed by atoms with Gasteiger partial charge in [-0.05, 0) is 31.2 Å². The van der Waals surface area contributed by atoms with Crippen LogP contribution in [0, 0.1) is 0 Å². The lowest BCUT2D eigenvalue weighted by atomic mass is 10.1. The lowest BCUT2D eigenvalue weighted by Gasteiger charge is -2.25. The van der Waals surface area contributed by atoms with Crippen LogP contribution < -0.4 is 15.4 Å². The molecule has 2 bridgehead atoms. The van der Waals surface area contributed by atoms with Crippen LogP contribution in [0.2, 0.25) is 0 Å². The van der Waals surface area contributed by atoms with Gasteiger partial charge in [-0.3, -0.25) is 9.79 Å². The number of nitrogens with zero attached hydrogens (tertiary/aromatic N) is 4. The lowest BCUT2D eigenvalue weighted by Crippen LogP contribution is -2.46. The summed E-state index contributed by atoms with van der Waals surface area (Å²) >= 11 is 0. The molecule has 10 heteroatoms. The molecule has 4 aromatic rings. The second-order valence-electron chi connectivity index (χ2n) is 9.02. The molecule has 0 spiro atoms. The number of ether oxygens (including phenoxy) is 1. The van der Waals surface area contributed by atoms with Gasteiger partial charge < -0.3 is 30.4 Å². The molecule has 0 aliphatic carbocycles. The maximum atomic E-state index is 12.8. The summed E-state index contributed by atoms with van der Waals surface area (Å²) in [5, 5.41) is 17.7. The Morgan fingerprint density at radius 1 is 1.14 bits per heavy atom. The number of likely N-dealkylation sites (N-methyl/N-ethyl adjacent to an activating group) is 1. The molecule has 0 fully saturated rings. The van der Waals surface area contributed by atoms with Crippen molar-refractivity contribution in [1.82, 2.24) is 25.2 Å². The van der Waals surface area contributed by atoms with Gasteiger partial charge in [0.15, 0.2) is 12.5 Å². The fraction of sp³-hybridized carbons (Fsp3) is 0.259. The van der Waals surface area contributed by atoms with E-state index in [0.29, 0.717) is 59.9 Å². The van der Waals surface area contributed by atoms with Crippen LogP contribution in [0.25, 0.3) is 11.0 Å². The van der Waals surface area contributed by atoms with Crippen molar-refractivity contribution in [2.45, 2.75) is 12.5 Å². The first-order valence-corrected chi connectivity index (χ1v) is 12.1. The number of fused-ring (bicyclic) bond motifs is 2. The quantitative estimate of drug-likeness (QED) is 0.334. The molecular weight excluding hydrogens is 470 g/mol. The van der Waals surface area contributed by atoms with Gasteiger partial charge in [0, 0.05) is 38.0 Å². The van der Waals surface area contributed by atoms with Crippen molar-refractivity contribution >= 4 is 34.7 Å². The number of hydrogen-bond acceptors (Lipinski definition) is 8. The van der Waals surface area contributed by atoms with Crippen LogP contribution in [0.15, 0.2) is 65.9 Å². The number of carbonyl (C=O) groups is 1. The van der Waals surface area contributed by atoms with Gasteiger partial charge in [-0.25, -0.2) is 9.97 Å². The Kier molecular flexibility index (Phi) is 7.27. The topological polar surface area (TPSA) is 128 Å². The van der Waals surface area contributed by atoms with E-state index >= 15 is 0 Å². The second-order valence-corrected chi connectivity index (χ2v) is 9.02. The molecule has 2 aromatic heterocycles. The minimum atomic E-state index is -0.187. The highest BCUT2D eigenvalue weighted by atomic mass is 16.5. The average molecular weight is 500 g/mol. The third-order valence-corrected chi connectivity index (χ3v) is 6.15. The molecule has 0 radical (unpaired) electrons. The van der Waals surface area contributed by atoms with Crippen molar-refractivity contribution in [3.8, 4) is 11.6 Å². The van der Waals surface area contributed by atoms with Gasteiger partial charge in [-0.2, -0.15) is 0 Å². The van der Waals surface area contributed by atoms with Gasteiger partial charge in [0.25, 0.3) is 5.91 Å². The third-order valence-electron chi connectivity index (χ3n) is 6.15. The number of aliphatic imine (C=N–C) groups is 1. The molecule has 1 amide bonds. The van der Waals surface area contributed by atoms with Crippen LogP contribution in [0.4, 0.5) is 11.5 Å². The predicted octanol–water partition coefficient (Wildman–Crippen LogP) is 2.88. The maximum Gasteiger partial charge on any atom is 0.258 e. The molecule has 0 saturated heterocycles. The summed E-state index contributed by atoms with van der Waals surface area (Å²) < 4.78 is 5.77. The third kappa shape index (κ3) is 6.04. The average Bonchev–Trinajstić information content (AvgIpc) is 3.22. The van der Waals surface area contributed by atoms with Crippen molar-refractivity contribution < 1.29 is 14.6 Å². The first-order chi connectivity index (χ1) is 18.0. The first kappa shape index (κ1) is 24.3. The first-order valence-electron chi connectivity index (χ1n) is 12.1. The fourth-order valence-electron chi connectivity index (χ4n) is 4.40. The van der Waals surface area contributed by atoms with Gasteiger partial charge in [0.1, 0.15) is 23.5 Å². The zero-order valence-electron chi connectivity index (χ0n) is 20.5. The van der Waals surface area contributed by atoms with E-state index in [0.717, 1.165) is 5.56 Å². The summed E-state index contributed by atoms with van der Waals surface area (Å²) in [6, 6.07) is 17.1. The Morgan fingerprint density at radius 3 is 2.86 bits per heavy atom. The van der Waals surface area contributed by atoms with Crippen molar-refractivity contribution in [3.05, 3.63) is 72.1 Å². The molecular formula is C27H29N7O3. The second kappa shape index (κ2) is 11.1. The molecule has 2 aromatic carbocycles. The SMILES string of the molecule is CN1CCNc2ncnc3[nH]c(O)c(c23)C=Nc2cccc(c2)OCC(=O)N[C@H](Cc2ccccc2)C1. The highest BCUT2D eigenvalue weighted by Gasteiger charge is 2.18. The monoisotopic (exact) mass is 499 g/mol. The van der Waals surface area contributed by atoms with Gasteiger partial charge >= 0.3 is 0 Å². The normalized spacial score (nSPS) is 17.3. The fourth-order valence-corrected chi connectivity index (χ4v) is 4.40. The van der Waals surface area contributed by atoms with E-state index in [1.807, 2.05) is 31.3 Å². The molecule has 190 valence electrons. The number of amides is 1. The summed E-state index contributed by atoms with van der Waals surface area (Å²) in [6.45, 7) is 1.85. The number of aromatic amines is 1. The minimum absolute atomic E-state index is 0.0401. The summed E-state index contributed by atoms with van der Waals surface area (Å²) in [5.41, 5.74) is 2.77. The summed E-state index contributed by atoms with van der Waals surface area (Å²) in [7, 11) is 2.02. The number of nitrogens with one attached hydrogen (secondary N) is 3. The Morgan fingerprint density at radius 2 is 2.00 bits per heavy atom. The largest absolute Gasteiger partial charge is 0.494 e. The molecule has 1 aliphatic rings. The van der Waals surface area contributed by atoms with E-state index in [4.69, 9.17) is 4.74 Å². The van der Waals surface area contributed by atoms with Gasteiger partial charge in [0.05, 0.1) is 16.6 Å². The number of aromatic nitrogens is 3. The van der Waals surface area contributed by atoms with Crippen LogP contribution in [-0.4, -0.2) is 76.4 Å². The number of benzene rings is 2. The highest BCUT2D eigenvalue weighted by Crippen LogP contribution is 2.30. The Hall–Kier alpha value is -4.44. The molecule has 37 heavy (non-hydrogen) atoms. The summed E-state index contributed by atoms with van der Waals surface area (Å²) in [6.07, 6.45) is 3.72. The molecule has 1 atom stereocenters. The number of H-pyrrole nitrogens is 1. The molecule has 1 aliphatic heterocycles. The summed E-state index contributed by atoms with van der Waals surface area (Å²) in [4.78, 5) is 31.0. The van der Waals surface area contributed by atoms with Crippen LogP contribution in [0.3, 0.4) is 0 Å². The lowest BCUT2D eigenvalue weighted by molar-refractivity contribution is -0.123. The van der Waals surface area contributed by atoms with E-state index < -0.39 is 0 Å². The number of rotatable bonds is 2. The van der Waals surface area contributed by atoms with Gasteiger partial charge in [-0.15, -0.1) is 0 Å². The smallest absolute Gasteiger partial charge is 0.258 e. The summed E-state index contributed by atoms with van der Waals surface area (Å²) in [5.74, 6) is 0.898. The number of hydrogen-bond donors (Lipinski definition) is 4. The zero-order chi connectivity index (χ0) is 25.6. The standard InChI is InChI=1S/C27H29N7O3/c1-34-11-10-28-25-24-22(27(36)33-26(24)31-17-30-25)14-29-19-8-5-9-21(13-19)37-16-23(35)32-20(15-34)12-18-6-3-2-4-7-18/h2-9,13-14,17,20,36H,10-12,15-16H2,1H3,(H,32,35)(H2,28,30,31,33)/t20-/m1/s1. The van der Waals surface area contributed by atoms with Crippen LogP contribution in [-0.2, 0) is 11.2 Å². The molecule has 0 saturated carbocycles. The van der Waals surface area contributed by atoms with Crippen LogP contribution >= 0.6 is 0 Å². The Bertz CT molecular complexity index is 1400. The number of aromatic hydroxyl groups is 1. The molecule has 0 unspecified atom stereocenters. The van der Waals surface area contributed by atoms with Crippen molar-refractivity contribution in [2.24, 2.45) is 4.99 Å². The molecule has 3 heterocycles. The molecule has 5 rings (SSSR count). The Balaban J connectivity index is 1.44. The van der Waals surface area contributed by atoms with Gasteiger partial charge in [0.2, 0.25) is 0 Å². The van der Waals surface area contributed by atoms with Crippen LogP contribution in [0.5, 0.6) is 11.6 Å². The van der Waals surface area contributed by atoms with E-state index in [1.165, 1.54) is 6.33 Å². The predicted molar refractivity (Wildman–Crippen MR) is 143 cm³/mol. The molecule has 10 nitrogen and oxygen atoms in total. The van der Waals surface area contributed by atoms with Crippen molar-refractivity contribution in [2.75, 3.05) is 38.6 Å². The number of carbonyl (C=O) groups excluding carboxylic acids is 1. The highest BCUT2D eigenvalue weighted by molar-refractivity contribution is 6.06. The van der Waals surface area contributed by atoms with E-state index in [9.17, 15) is 9.90 Å². The Labute approximate surface area is 214 Å². The number of anilines is 1. The van der Waals surface area contributed by atoms with E-state index in [1.54, 1.807) is 24.4 Å². The van der Waals surface area contributed by atoms with Crippen molar-refractivity contribution in [3.63, 3.8) is 0 Å². The van der Waals surface area contributed by atoms with Crippen LogP contribution in [0.1, 0.15) is 11.1 Å². The van der Waals surface area contributed by atoms with Crippen molar-refractivity contribution in [1.29, 1.82) is 0 Å². The zero-order valence-corrected chi connectivity index (χ0v) is 20.5. The maximum absolute atomic E-state index is 12.8. The van der Waals surface area contributed by atoms with E-state index in [-0.39, 0.29) is 24.4 Å². The molecule has 4 N–H and O–H groups in total. The van der Waals surface area contributed by atoms with E-state index in [2.05, 4.69) is 47.6 Å². The minimum Gasteiger partial charge on any atom is -0.494 e. The van der Waals surface area contributed by atoms with Gasteiger partial charge in [-0.1, -0.05) is 36.4 Å².